The molecule has 1 heterocycles. The minimum atomic E-state index is -4.24. The zero-order chi connectivity index (χ0) is 11.6. The summed E-state index contributed by atoms with van der Waals surface area (Å²) in [5.41, 5.74) is 0.375. The summed E-state index contributed by atoms with van der Waals surface area (Å²) in [7, 11) is 0. The van der Waals surface area contributed by atoms with Gasteiger partial charge in [-0.1, -0.05) is 18.6 Å². The van der Waals surface area contributed by atoms with Crippen LogP contribution in [0, 0.1) is 0 Å². The monoisotopic (exact) mass is 229 g/mol. The molecular weight excluding hydrogens is 215 g/mol. The van der Waals surface area contributed by atoms with E-state index in [-0.39, 0.29) is 6.04 Å². The van der Waals surface area contributed by atoms with E-state index >= 15 is 0 Å². The van der Waals surface area contributed by atoms with Crippen LogP contribution in [0.15, 0.2) is 24.3 Å². The maximum atomic E-state index is 12.3. The molecule has 0 aromatic heterocycles. The van der Waals surface area contributed by atoms with Crippen molar-refractivity contribution in [1.29, 1.82) is 0 Å². The minimum absolute atomic E-state index is 0.219. The fraction of sp³-hybridized carbons (Fsp3) is 0.500. The van der Waals surface area contributed by atoms with Crippen LogP contribution in [-0.2, 0) is 6.18 Å². The van der Waals surface area contributed by atoms with Crippen LogP contribution in [0.25, 0.3) is 0 Å². The van der Waals surface area contributed by atoms with Gasteiger partial charge in [0.1, 0.15) is 0 Å². The fourth-order valence-corrected chi connectivity index (χ4v) is 2.04. The SMILES string of the molecule is FC(F)(F)c1ccc(C2CCCCN2)cc1. The van der Waals surface area contributed by atoms with E-state index in [2.05, 4.69) is 5.32 Å². The standard InChI is InChI=1S/C12H14F3N/c13-12(14,15)10-6-4-9(5-7-10)11-3-1-2-8-16-11/h4-7,11,16H,1-3,8H2. The Morgan fingerprint density at radius 1 is 1.06 bits per heavy atom. The van der Waals surface area contributed by atoms with Crippen LogP contribution in [0.1, 0.15) is 36.4 Å². The number of nitrogens with one attached hydrogen (secondary N) is 1. The van der Waals surface area contributed by atoms with E-state index in [4.69, 9.17) is 0 Å². The Morgan fingerprint density at radius 3 is 2.25 bits per heavy atom. The summed E-state index contributed by atoms with van der Waals surface area (Å²) in [5, 5.41) is 3.31. The Bertz CT molecular complexity index is 336. The van der Waals surface area contributed by atoms with Gasteiger partial charge in [0.2, 0.25) is 0 Å². The smallest absolute Gasteiger partial charge is 0.310 e. The van der Waals surface area contributed by atoms with Crippen molar-refractivity contribution in [3.63, 3.8) is 0 Å². The lowest BCUT2D eigenvalue weighted by Gasteiger charge is -2.24. The summed E-state index contributed by atoms with van der Waals surface area (Å²) in [6, 6.07) is 5.69. The maximum Gasteiger partial charge on any atom is 0.416 e. The zero-order valence-corrected chi connectivity index (χ0v) is 8.85. The molecule has 1 aromatic carbocycles. The van der Waals surface area contributed by atoms with Gasteiger partial charge in [0.15, 0.2) is 0 Å². The molecule has 1 fully saturated rings. The zero-order valence-electron chi connectivity index (χ0n) is 8.85. The molecule has 16 heavy (non-hydrogen) atoms. The molecular formula is C12H14F3N. The van der Waals surface area contributed by atoms with Crippen LogP contribution in [0.2, 0.25) is 0 Å². The van der Waals surface area contributed by atoms with Crippen molar-refractivity contribution in [2.75, 3.05) is 6.54 Å². The highest BCUT2D eigenvalue weighted by molar-refractivity contribution is 5.27. The first-order valence-electron chi connectivity index (χ1n) is 5.48. The van der Waals surface area contributed by atoms with Crippen molar-refractivity contribution in [1.82, 2.24) is 5.32 Å². The number of benzene rings is 1. The Balaban J connectivity index is 2.12. The van der Waals surface area contributed by atoms with E-state index in [9.17, 15) is 13.2 Å². The molecule has 2 rings (SSSR count). The summed E-state index contributed by atoms with van der Waals surface area (Å²) in [6.07, 6.45) is -0.945. The van der Waals surface area contributed by atoms with Crippen LogP contribution in [0.5, 0.6) is 0 Å². The molecule has 0 spiro atoms. The van der Waals surface area contributed by atoms with Crippen molar-refractivity contribution in [3.05, 3.63) is 35.4 Å². The molecule has 1 aliphatic heterocycles. The summed E-state index contributed by atoms with van der Waals surface area (Å²) >= 11 is 0. The van der Waals surface area contributed by atoms with Crippen molar-refractivity contribution in [3.8, 4) is 0 Å². The third-order valence-electron chi connectivity index (χ3n) is 2.95. The minimum Gasteiger partial charge on any atom is -0.310 e. The van der Waals surface area contributed by atoms with E-state index in [0.717, 1.165) is 43.5 Å². The second kappa shape index (κ2) is 4.45. The lowest BCUT2D eigenvalue weighted by molar-refractivity contribution is -0.137. The van der Waals surface area contributed by atoms with Gasteiger partial charge in [-0.2, -0.15) is 13.2 Å². The number of hydrogen-bond donors (Lipinski definition) is 1. The Morgan fingerprint density at radius 2 is 1.75 bits per heavy atom. The summed E-state index contributed by atoms with van der Waals surface area (Å²) in [6.45, 7) is 0.950. The van der Waals surface area contributed by atoms with Crippen LogP contribution in [-0.4, -0.2) is 6.54 Å². The average molecular weight is 229 g/mol. The largest absolute Gasteiger partial charge is 0.416 e. The highest BCUT2D eigenvalue weighted by atomic mass is 19.4. The van der Waals surface area contributed by atoms with E-state index in [1.807, 2.05) is 0 Å². The summed E-state index contributed by atoms with van der Waals surface area (Å²) in [5.74, 6) is 0. The molecule has 1 aromatic rings. The molecule has 1 saturated heterocycles. The van der Waals surface area contributed by atoms with E-state index < -0.39 is 11.7 Å². The van der Waals surface area contributed by atoms with Gasteiger partial charge in [0.05, 0.1) is 5.56 Å². The van der Waals surface area contributed by atoms with Gasteiger partial charge in [0.25, 0.3) is 0 Å². The molecule has 0 radical (unpaired) electrons. The molecule has 0 aliphatic carbocycles. The second-order valence-electron chi connectivity index (χ2n) is 4.12. The van der Waals surface area contributed by atoms with Gasteiger partial charge in [-0.15, -0.1) is 0 Å². The van der Waals surface area contributed by atoms with E-state index in [1.165, 1.54) is 0 Å². The number of piperidine rings is 1. The van der Waals surface area contributed by atoms with Crippen molar-refractivity contribution < 1.29 is 13.2 Å². The predicted molar refractivity (Wildman–Crippen MR) is 56.0 cm³/mol. The van der Waals surface area contributed by atoms with Gasteiger partial charge in [-0.05, 0) is 37.1 Å². The molecule has 1 atom stereocenters. The number of halogens is 3. The number of alkyl halides is 3. The van der Waals surface area contributed by atoms with Crippen molar-refractivity contribution >= 4 is 0 Å². The van der Waals surface area contributed by atoms with Gasteiger partial charge in [0, 0.05) is 6.04 Å². The summed E-state index contributed by atoms with van der Waals surface area (Å²) in [4.78, 5) is 0. The van der Waals surface area contributed by atoms with Crippen molar-refractivity contribution in [2.24, 2.45) is 0 Å². The molecule has 88 valence electrons. The van der Waals surface area contributed by atoms with Crippen LogP contribution in [0.4, 0.5) is 13.2 Å². The molecule has 1 unspecified atom stereocenters. The Kier molecular flexibility index (Phi) is 3.19. The van der Waals surface area contributed by atoms with Crippen molar-refractivity contribution in [2.45, 2.75) is 31.5 Å². The number of hydrogen-bond acceptors (Lipinski definition) is 1. The van der Waals surface area contributed by atoms with Gasteiger partial charge in [-0.3, -0.25) is 0 Å². The van der Waals surface area contributed by atoms with Crippen LogP contribution >= 0.6 is 0 Å². The van der Waals surface area contributed by atoms with Crippen LogP contribution < -0.4 is 5.32 Å². The lowest BCUT2D eigenvalue weighted by atomic mass is 9.97. The molecule has 1 N–H and O–H groups in total. The molecule has 1 nitrogen and oxygen atoms in total. The second-order valence-corrected chi connectivity index (χ2v) is 4.12. The van der Waals surface area contributed by atoms with E-state index in [1.54, 1.807) is 12.1 Å². The highest BCUT2D eigenvalue weighted by Crippen LogP contribution is 2.31. The van der Waals surface area contributed by atoms with Crippen LogP contribution in [0.3, 0.4) is 0 Å². The quantitative estimate of drug-likeness (QED) is 0.776. The predicted octanol–water partition coefficient (Wildman–Crippen LogP) is 3.52. The molecule has 0 bridgehead atoms. The molecule has 0 amide bonds. The van der Waals surface area contributed by atoms with Gasteiger partial charge in [-0.25, -0.2) is 0 Å². The highest BCUT2D eigenvalue weighted by Gasteiger charge is 2.30. The maximum absolute atomic E-state index is 12.3. The third-order valence-corrected chi connectivity index (χ3v) is 2.95. The first kappa shape index (κ1) is 11.5. The molecule has 4 heteroatoms. The fourth-order valence-electron chi connectivity index (χ4n) is 2.04. The average Bonchev–Trinajstić information content (AvgIpc) is 2.29. The van der Waals surface area contributed by atoms with Gasteiger partial charge >= 0.3 is 6.18 Å². The molecule has 1 aliphatic rings. The Labute approximate surface area is 92.7 Å². The summed E-state index contributed by atoms with van der Waals surface area (Å²) < 4.78 is 37.0. The third kappa shape index (κ3) is 2.55. The van der Waals surface area contributed by atoms with Gasteiger partial charge < -0.3 is 5.32 Å². The topological polar surface area (TPSA) is 12.0 Å². The first-order valence-corrected chi connectivity index (χ1v) is 5.48. The van der Waals surface area contributed by atoms with E-state index in [0.29, 0.717) is 0 Å². The number of rotatable bonds is 1. The normalized spacial score (nSPS) is 22.1. The lowest BCUT2D eigenvalue weighted by Crippen LogP contribution is -2.26. The first-order chi connectivity index (χ1) is 7.57. The Hall–Kier alpha value is -1.03. The molecule has 0 saturated carbocycles.